The molecule has 2 fully saturated rings. The van der Waals surface area contributed by atoms with Crippen LogP contribution in [0.15, 0.2) is 36.4 Å². The zero-order valence-corrected chi connectivity index (χ0v) is 26.9. The van der Waals surface area contributed by atoms with Crippen LogP contribution < -0.4 is 0 Å². The van der Waals surface area contributed by atoms with Crippen molar-refractivity contribution in [3.63, 3.8) is 0 Å². The Labute approximate surface area is 262 Å². The summed E-state index contributed by atoms with van der Waals surface area (Å²) in [6.45, 7) is 10.2. The number of amides is 2. The third-order valence-corrected chi connectivity index (χ3v) is 9.17. The highest BCUT2D eigenvalue weighted by Gasteiger charge is 2.45. The average molecular weight is 628 g/mol. The molecule has 1 aliphatic heterocycles. The maximum absolute atomic E-state index is 15.1. The molecule has 11 heteroatoms. The number of aromatic nitrogens is 3. The number of hydrogen-bond donors (Lipinski definition) is 0. The Hall–Kier alpha value is -3.53. The summed E-state index contributed by atoms with van der Waals surface area (Å²) in [5, 5.41) is 5.32. The van der Waals surface area contributed by atoms with Gasteiger partial charge in [-0.05, 0) is 95.7 Å². The average Bonchev–Trinajstić information content (AvgIpc) is 3.57. The van der Waals surface area contributed by atoms with E-state index in [0.29, 0.717) is 55.2 Å². The van der Waals surface area contributed by atoms with Gasteiger partial charge in [-0.2, -0.15) is 5.10 Å². The van der Waals surface area contributed by atoms with Crippen LogP contribution in [0.4, 0.5) is 13.6 Å². The lowest BCUT2D eigenvalue weighted by molar-refractivity contribution is -0.137. The number of ether oxygens (including phenoxy) is 1. The molecule has 1 saturated heterocycles. The van der Waals surface area contributed by atoms with E-state index in [9.17, 15) is 14.0 Å². The van der Waals surface area contributed by atoms with Gasteiger partial charge in [0.15, 0.2) is 0 Å². The van der Waals surface area contributed by atoms with Crippen LogP contribution in [0.2, 0.25) is 5.02 Å². The molecule has 5 rings (SSSR count). The third kappa shape index (κ3) is 6.75. The van der Waals surface area contributed by atoms with Crippen molar-refractivity contribution in [2.75, 3.05) is 20.1 Å². The summed E-state index contributed by atoms with van der Waals surface area (Å²) < 4.78 is 36.3. The van der Waals surface area contributed by atoms with Crippen LogP contribution in [0.5, 0.6) is 0 Å². The zero-order valence-electron chi connectivity index (χ0n) is 26.1. The first kappa shape index (κ1) is 31.9. The second kappa shape index (κ2) is 12.5. The summed E-state index contributed by atoms with van der Waals surface area (Å²) in [5.41, 5.74) is 1.45. The van der Waals surface area contributed by atoms with Crippen molar-refractivity contribution in [3.05, 3.63) is 75.8 Å². The normalized spacial score (nSPS) is 21.0. The number of carbonyl (C=O) groups excluding carboxylic acids is 2. The molecule has 8 nitrogen and oxygen atoms in total. The molecule has 236 valence electrons. The molecule has 1 aromatic heterocycles. The van der Waals surface area contributed by atoms with Crippen molar-refractivity contribution in [1.82, 2.24) is 24.6 Å². The zero-order chi connectivity index (χ0) is 31.9. The van der Waals surface area contributed by atoms with Gasteiger partial charge in [-0.1, -0.05) is 17.7 Å². The van der Waals surface area contributed by atoms with Crippen LogP contribution >= 0.6 is 11.6 Å². The van der Waals surface area contributed by atoms with E-state index in [1.165, 1.54) is 17.0 Å². The van der Waals surface area contributed by atoms with Crippen LogP contribution in [0.1, 0.15) is 81.1 Å². The van der Waals surface area contributed by atoms with E-state index >= 15 is 4.39 Å². The van der Waals surface area contributed by atoms with Gasteiger partial charge in [0.2, 0.25) is 5.91 Å². The first-order valence-electron chi connectivity index (χ1n) is 15.1. The van der Waals surface area contributed by atoms with Crippen molar-refractivity contribution in [1.29, 1.82) is 0 Å². The van der Waals surface area contributed by atoms with Crippen LogP contribution in [-0.2, 0) is 9.53 Å². The second-order valence-electron chi connectivity index (χ2n) is 13.1. The maximum Gasteiger partial charge on any atom is 0.410 e. The van der Waals surface area contributed by atoms with Crippen molar-refractivity contribution < 1.29 is 23.1 Å². The number of likely N-dealkylation sites (tertiary alicyclic amines) is 1. The van der Waals surface area contributed by atoms with Gasteiger partial charge in [0.25, 0.3) is 0 Å². The second-order valence-corrected chi connectivity index (χ2v) is 13.5. The fourth-order valence-corrected chi connectivity index (χ4v) is 6.59. The Morgan fingerprint density at radius 2 is 1.75 bits per heavy atom. The summed E-state index contributed by atoms with van der Waals surface area (Å²) in [4.78, 5) is 35.1. The first-order valence-corrected chi connectivity index (χ1v) is 15.5. The highest BCUT2D eigenvalue weighted by molar-refractivity contribution is 6.31. The number of piperidine rings is 1. The minimum atomic E-state index is -0.681. The van der Waals surface area contributed by atoms with Crippen LogP contribution in [-0.4, -0.2) is 68.3 Å². The monoisotopic (exact) mass is 627 g/mol. The van der Waals surface area contributed by atoms with Gasteiger partial charge < -0.3 is 14.5 Å². The molecule has 0 bridgehead atoms. The van der Waals surface area contributed by atoms with E-state index in [0.717, 1.165) is 23.1 Å². The van der Waals surface area contributed by atoms with Crippen molar-refractivity contribution in [2.24, 2.45) is 5.92 Å². The van der Waals surface area contributed by atoms with Crippen molar-refractivity contribution in [2.45, 2.75) is 83.8 Å². The molecule has 0 N–H and O–H groups in total. The van der Waals surface area contributed by atoms with Gasteiger partial charge in [-0.3, -0.25) is 4.79 Å². The molecule has 3 atom stereocenters. The molecular weight excluding hydrogens is 588 g/mol. The lowest BCUT2D eigenvalue weighted by atomic mass is 9.86. The highest BCUT2D eigenvalue weighted by Crippen LogP contribution is 2.44. The number of benzene rings is 2. The molecule has 0 radical (unpaired) electrons. The Kier molecular flexibility index (Phi) is 9.03. The van der Waals surface area contributed by atoms with Crippen LogP contribution in [0.25, 0.3) is 5.69 Å². The molecule has 2 aliphatic rings. The summed E-state index contributed by atoms with van der Waals surface area (Å²) in [6.07, 6.45) is 1.62. The summed E-state index contributed by atoms with van der Waals surface area (Å²) in [5.74, 6) is -0.894. The third-order valence-electron chi connectivity index (χ3n) is 8.74. The van der Waals surface area contributed by atoms with Gasteiger partial charge >= 0.3 is 6.09 Å². The lowest BCUT2D eigenvalue weighted by Crippen LogP contribution is -2.43. The van der Waals surface area contributed by atoms with E-state index in [1.54, 1.807) is 27.8 Å². The van der Waals surface area contributed by atoms with E-state index in [2.05, 4.69) is 5.10 Å². The predicted octanol–water partition coefficient (Wildman–Crippen LogP) is 6.95. The summed E-state index contributed by atoms with van der Waals surface area (Å²) >= 11 is 6.25. The largest absolute Gasteiger partial charge is 0.444 e. The number of halogens is 3. The standard InChI is InChI=1S/C33H40ClF2N5O3/c1-19-15-23(8-10-28(19)34)41-30(37-20(2)38-41)21-11-13-40(14-12-21)31(42)27-18-24(39(6)32(43)44-33(3,4)5)17-26(27)25-9-7-22(35)16-29(25)36/h7-10,15-16,21,24,26-27H,11-14,17-18H2,1-6H3/t24-,26-,27+/m0/s1. The molecule has 44 heavy (non-hydrogen) atoms. The molecule has 0 spiro atoms. The number of rotatable bonds is 5. The molecule has 1 aliphatic carbocycles. The van der Waals surface area contributed by atoms with E-state index in [1.807, 2.05) is 41.6 Å². The fourth-order valence-electron chi connectivity index (χ4n) is 6.47. The number of hydrogen-bond acceptors (Lipinski definition) is 5. The van der Waals surface area contributed by atoms with Gasteiger partial charge in [0, 0.05) is 55.0 Å². The van der Waals surface area contributed by atoms with Crippen molar-refractivity contribution in [3.8, 4) is 5.69 Å². The number of nitrogens with zero attached hydrogens (tertiary/aromatic N) is 5. The van der Waals surface area contributed by atoms with E-state index in [-0.39, 0.29) is 17.9 Å². The molecule has 3 aromatic rings. The topological polar surface area (TPSA) is 80.6 Å². The van der Waals surface area contributed by atoms with Gasteiger partial charge in [-0.25, -0.2) is 23.2 Å². The van der Waals surface area contributed by atoms with Crippen molar-refractivity contribution >= 4 is 23.6 Å². The van der Waals surface area contributed by atoms with Crippen LogP contribution in [0, 0.1) is 31.4 Å². The lowest BCUT2D eigenvalue weighted by Gasteiger charge is -2.34. The number of carbonyl (C=O) groups is 2. The molecule has 2 heterocycles. The van der Waals surface area contributed by atoms with Gasteiger partial charge in [-0.15, -0.1) is 0 Å². The SMILES string of the molecule is Cc1nc(C2CCN(C(=O)[C@@H]3C[C@@H](N(C)C(=O)OC(C)(C)C)C[C@H]3c3ccc(F)cc3F)CC2)n(-c2ccc(Cl)c(C)c2)n1. The Morgan fingerprint density at radius 1 is 1.05 bits per heavy atom. The maximum atomic E-state index is 15.1. The van der Waals surface area contributed by atoms with Crippen LogP contribution in [0.3, 0.4) is 0 Å². The fraction of sp³-hybridized carbons (Fsp3) is 0.515. The smallest absolute Gasteiger partial charge is 0.410 e. The molecular formula is C33H40ClF2N5O3. The molecule has 2 amide bonds. The highest BCUT2D eigenvalue weighted by atomic mass is 35.5. The van der Waals surface area contributed by atoms with E-state index < -0.39 is 35.2 Å². The summed E-state index contributed by atoms with van der Waals surface area (Å²) in [6, 6.07) is 8.91. The Balaban J connectivity index is 1.34. The van der Waals surface area contributed by atoms with E-state index in [4.69, 9.17) is 21.3 Å². The van der Waals surface area contributed by atoms with Gasteiger partial charge in [0.1, 0.15) is 28.9 Å². The molecule has 2 aromatic carbocycles. The molecule has 1 saturated carbocycles. The first-order chi connectivity index (χ1) is 20.7. The predicted molar refractivity (Wildman–Crippen MR) is 164 cm³/mol. The minimum Gasteiger partial charge on any atom is -0.444 e. The minimum absolute atomic E-state index is 0.0803. The number of aryl methyl sites for hydroxylation is 2. The summed E-state index contributed by atoms with van der Waals surface area (Å²) in [7, 11) is 1.65. The molecule has 0 unspecified atom stereocenters. The Morgan fingerprint density at radius 3 is 2.39 bits per heavy atom. The van der Waals surface area contributed by atoms with Gasteiger partial charge in [0.05, 0.1) is 5.69 Å². The quantitative estimate of drug-likeness (QED) is 0.306. The Bertz CT molecular complexity index is 1550.